The number of methoxy groups -OCH3 is 1. The van der Waals surface area contributed by atoms with Crippen molar-refractivity contribution >= 4 is 17.3 Å². The van der Waals surface area contributed by atoms with Gasteiger partial charge in [0.2, 0.25) is 0 Å². The van der Waals surface area contributed by atoms with Crippen LogP contribution < -0.4 is 20.1 Å². The molecule has 1 unspecified atom stereocenters. The van der Waals surface area contributed by atoms with Crippen LogP contribution in [0.15, 0.2) is 29.3 Å². The van der Waals surface area contributed by atoms with E-state index in [1.54, 1.807) is 25.5 Å². The second-order valence-corrected chi connectivity index (χ2v) is 7.25. The lowest BCUT2D eigenvalue weighted by atomic mass is 10.3. The molecule has 0 amide bonds. The Bertz CT molecular complexity index is 711. The van der Waals surface area contributed by atoms with Gasteiger partial charge in [0.1, 0.15) is 6.10 Å². The summed E-state index contributed by atoms with van der Waals surface area (Å²) in [6.45, 7) is 7.58. The molecule has 2 N–H and O–H groups in total. The third kappa shape index (κ3) is 5.91. The molecule has 1 atom stereocenters. The fourth-order valence-electron chi connectivity index (χ4n) is 2.37. The van der Waals surface area contributed by atoms with E-state index in [1.165, 1.54) is 4.88 Å². The van der Waals surface area contributed by atoms with E-state index in [1.807, 2.05) is 38.1 Å². The number of guanidine groups is 1. The molecular weight excluding hydrogens is 348 g/mol. The maximum atomic E-state index is 5.94. The summed E-state index contributed by atoms with van der Waals surface area (Å²) >= 11 is 1.75. The second-order valence-electron chi connectivity index (χ2n) is 5.96. The van der Waals surface area contributed by atoms with Gasteiger partial charge < -0.3 is 20.1 Å². The van der Waals surface area contributed by atoms with Crippen LogP contribution >= 0.6 is 11.3 Å². The van der Waals surface area contributed by atoms with Gasteiger partial charge in [-0.15, -0.1) is 11.3 Å². The number of aliphatic imine (C=N–C) groups is 1. The Morgan fingerprint density at radius 2 is 1.96 bits per heavy atom. The van der Waals surface area contributed by atoms with Crippen LogP contribution in [-0.4, -0.2) is 44.3 Å². The number of hydrogen-bond donors (Lipinski definition) is 2. The Morgan fingerprint density at radius 1 is 1.23 bits per heavy atom. The molecule has 142 valence electrons. The highest BCUT2D eigenvalue weighted by atomic mass is 32.1. The van der Waals surface area contributed by atoms with Gasteiger partial charge in [-0.1, -0.05) is 12.1 Å². The summed E-state index contributed by atoms with van der Waals surface area (Å²) in [5.41, 5.74) is 1.12. The van der Waals surface area contributed by atoms with Gasteiger partial charge in [0, 0.05) is 24.9 Å². The van der Waals surface area contributed by atoms with E-state index < -0.39 is 0 Å². The molecule has 0 aliphatic carbocycles. The number of nitrogens with zero attached hydrogens (tertiary/aromatic N) is 2. The third-order valence-electron chi connectivity index (χ3n) is 3.88. The molecule has 1 aromatic carbocycles. The molecule has 0 saturated heterocycles. The number of para-hydroxylation sites is 2. The maximum Gasteiger partial charge on any atom is 0.191 e. The summed E-state index contributed by atoms with van der Waals surface area (Å²) in [7, 11) is 3.40. The molecule has 0 fully saturated rings. The van der Waals surface area contributed by atoms with Crippen LogP contribution in [-0.2, 0) is 6.42 Å². The largest absolute Gasteiger partial charge is 0.493 e. The number of nitrogens with one attached hydrogen (secondary N) is 2. The molecule has 0 aliphatic rings. The second kappa shape index (κ2) is 10.0. The van der Waals surface area contributed by atoms with Crippen molar-refractivity contribution in [3.63, 3.8) is 0 Å². The van der Waals surface area contributed by atoms with Crippen LogP contribution in [0.2, 0.25) is 0 Å². The first-order valence-corrected chi connectivity index (χ1v) is 9.52. The highest BCUT2D eigenvalue weighted by Gasteiger charge is 2.09. The predicted molar refractivity (Wildman–Crippen MR) is 108 cm³/mol. The monoisotopic (exact) mass is 376 g/mol. The van der Waals surface area contributed by atoms with Crippen LogP contribution in [0, 0.1) is 13.8 Å². The van der Waals surface area contributed by atoms with Gasteiger partial charge in [0.15, 0.2) is 17.5 Å². The molecule has 2 rings (SSSR count). The first kappa shape index (κ1) is 20.0. The molecule has 7 heteroatoms. The van der Waals surface area contributed by atoms with E-state index in [0.717, 1.165) is 41.1 Å². The molecule has 6 nitrogen and oxygen atoms in total. The normalized spacial score (nSPS) is 12.6. The average Bonchev–Trinajstić information content (AvgIpc) is 2.96. The number of aromatic nitrogens is 1. The van der Waals surface area contributed by atoms with Gasteiger partial charge in [-0.25, -0.2) is 4.98 Å². The minimum absolute atomic E-state index is 0.0332. The van der Waals surface area contributed by atoms with E-state index in [-0.39, 0.29) is 6.10 Å². The summed E-state index contributed by atoms with van der Waals surface area (Å²) in [6.07, 6.45) is 0.849. The lowest BCUT2D eigenvalue weighted by Gasteiger charge is -2.19. The van der Waals surface area contributed by atoms with E-state index in [9.17, 15) is 0 Å². The lowest BCUT2D eigenvalue weighted by Crippen LogP contribution is -2.42. The Morgan fingerprint density at radius 3 is 2.58 bits per heavy atom. The topological polar surface area (TPSA) is 67.8 Å². The van der Waals surface area contributed by atoms with Gasteiger partial charge >= 0.3 is 0 Å². The molecular formula is C19H28N4O2S. The lowest BCUT2D eigenvalue weighted by molar-refractivity contribution is 0.213. The quantitative estimate of drug-likeness (QED) is 0.548. The molecule has 26 heavy (non-hydrogen) atoms. The summed E-state index contributed by atoms with van der Waals surface area (Å²) < 4.78 is 11.3. The molecule has 0 radical (unpaired) electrons. The predicted octanol–water partition coefficient (Wildman–Crippen LogP) is 2.94. The Balaban J connectivity index is 1.75. The third-order valence-corrected chi connectivity index (χ3v) is 5.01. The maximum absolute atomic E-state index is 5.94. The highest BCUT2D eigenvalue weighted by molar-refractivity contribution is 7.11. The summed E-state index contributed by atoms with van der Waals surface area (Å²) in [6, 6.07) is 7.64. The van der Waals surface area contributed by atoms with E-state index in [0.29, 0.717) is 6.54 Å². The number of ether oxygens (including phenoxy) is 2. The Hall–Kier alpha value is -2.28. The molecule has 1 aromatic heterocycles. The van der Waals surface area contributed by atoms with Crippen LogP contribution in [0.4, 0.5) is 0 Å². The van der Waals surface area contributed by atoms with E-state index in [2.05, 4.69) is 27.5 Å². The molecule has 0 aliphatic heterocycles. The number of benzene rings is 1. The van der Waals surface area contributed by atoms with E-state index >= 15 is 0 Å². The van der Waals surface area contributed by atoms with Crippen LogP contribution in [0.5, 0.6) is 11.5 Å². The standard InChI is InChI=1S/C19H28N4O2S/c1-13(25-17-9-7-6-8-16(17)24-5)12-22-19(20-4)21-11-10-18-23-14(2)15(3)26-18/h6-9,13H,10-12H2,1-5H3,(H2,20,21,22). The van der Waals surface area contributed by atoms with Gasteiger partial charge in [-0.05, 0) is 32.9 Å². The molecule has 1 heterocycles. The van der Waals surface area contributed by atoms with Crippen LogP contribution in [0.3, 0.4) is 0 Å². The highest BCUT2D eigenvalue weighted by Crippen LogP contribution is 2.26. The van der Waals surface area contributed by atoms with Crippen molar-refractivity contribution in [3.05, 3.63) is 39.8 Å². The summed E-state index contributed by atoms with van der Waals surface area (Å²) in [5, 5.41) is 7.75. The first-order chi connectivity index (χ1) is 12.5. The van der Waals surface area contributed by atoms with E-state index in [4.69, 9.17) is 9.47 Å². The SMILES string of the molecule is CN=C(NCCc1nc(C)c(C)s1)NCC(C)Oc1ccccc1OC. The zero-order chi connectivity index (χ0) is 18.9. The van der Waals surface area contributed by atoms with Gasteiger partial charge in [0.25, 0.3) is 0 Å². The first-order valence-electron chi connectivity index (χ1n) is 8.70. The van der Waals surface area contributed by atoms with Crippen LogP contribution in [0.25, 0.3) is 0 Å². The fourth-order valence-corrected chi connectivity index (χ4v) is 3.30. The number of aryl methyl sites for hydroxylation is 2. The van der Waals surface area contributed by atoms with Crippen molar-refractivity contribution in [1.29, 1.82) is 0 Å². The van der Waals surface area contributed by atoms with Crippen molar-refractivity contribution in [2.45, 2.75) is 33.3 Å². The van der Waals surface area contributed by atoms with Crippen molar-refractivity contribution in [2.24, 2.45) is 4.99 Å². The molecule has 0 bridgehead atoms. The minimum atomic E-state index is -0.0332. The van der Waals surface area contributed by atoms with Gasteiger partial charge in [-0.3, -0.25) is 4.99 Å². The number of thiazole rings is 1. The minimum Gasteiger partial charge on any atom is -0.493 e. The van der Waals surface area contributed by atoms with Crippen molar-refractivity contribution in [3.8, 4) is 11.5 Å². The Labute approximate surface area is 159 Å². The van der Waals surface area contributed by atoms with Crippen LogP contribution in [0.1, 0.15) is 22.5 Å². The average molecular weight is 377 g/mol. The number of rotatable bonds is 8. The molecule has 2 aromatic rings. The van der Waals surface area contributed by atoms with Crippen molar-refractivity contribution in [1.82, 2.24) is 15.6 Å². The van der Waals surface area contributed by atoms with Crippen molar-refractivity contribution in [2.75, 3.05) is 27.2 Å². The zero-order valence-electron chi connectivity index (χ0n) is 16.1. The van der Waals surface area contributed by atoms with Crippen molar-refractivity contribution < 1.29 is 9.47 Å². The number of hydrogen-bond acceptors (Lipinski definition) is 5. The summed E-state index contributed by atoms with van der Waals surface area (Å²) in [5.74, 6) is 2.23. The summed E-state index contributed by atoms with van der Waals surface area (Å²) in [4.78, 5) is 10.1. The molecule has 0 saturated carbocycles. The smallest absolute Gasteiger partial charge is 0.191 e. The van der Waals surface area contributed by atoms with Gasteiger partial charge in [0.05, 0.1) is 24.4 Å². The Kier molecular flexibility index (Phi) is 7.72. The molecule has 0 spiro atoms. The van der Waals surface area contributed by atoms with Gasteiger partial charge in [-0.2, -0.15) is 0 Å². The fraction of sp³-hybridized carbons (Fsp3) is 0.474. The zero-order valence-corrected chi connectivity index (χ0v) is 16.9.